The molecule has 0 amide bonds. The summed E-state index contributed by atoms with van der Waals surface area (Å²) in [5, 5.41) is 4.07. The number of hydrogen-bond acceptors (Lipinski definition) is 9. The van der Waals surface area contributed by atoms with E-state index in [0.717, 1.165) is 66.3 Å². The maximum Gasteiger partial charge on any atom is 0.305 e. The number of nitrogens with zero attached hydrogens (tertiary/aromatic N) is 4. The highest BCUT2D eigenvalue weighted by Gasteiger charge is 2.44. The van der Waals surface area contributed by atoms with Crippen molar-refractivity contribution in [3.05, 3.63) is 155 Å². The van der Waals surface area contributed by atoms with Gasteiger partial charge in [-0.25, -0.2) is 9.97 Å². The zero-order valence-corrected chi connectivity index (χ0v) is 44.4. The molecule has 0 aliphatic carbocycles. The van der Waals surface area contributed by atoms with Crippen LogP contribution >= 0.6 is 15.9 Å². The van der Waals surface area contributed by atoms with Crippen molar-refractivity contribution in [2.24, 2.45) is 0 Å². The zero-order valence-electron chi connectivity index (χ0n) is 41.3. The minimum atomic E-state index is -0.252. The van der Waals surface area contributed by atoms with Crippen molar-refractivity contribution in [2.45, 2.75) is 84.0 Å². The SMILES string of the molecule is C#Cc1cccc(Nc2ncnc3cc(OCCOC)c(OCCOC(=O)CCCCCN4/C(=C/C=C/C=C/C=C/C5=[N+](CCCC)c6ccccc6C5(C)C)C(C)(C)c5cc(Br)ccc54)cc23)c1.[Br-]. The number of benzene rings is 4. The minimum Gasteiger partial charge on any atom is -1.00 e. The van der Waals surface area contributed by atoms with E-state index < -0.39 is 0 Å². The smallest absolute Gasteiger partial charge is 0.305 e. The lowest BCUT2D eigenvalue weighted by Crippen LogP contribution is -3.00. The number of rotatable bonds is 23. The highest BCUT2D eigenvalue weighted by Crippen LogP contribution is 2.49. The van der Waals surface area contributed by atoms with E-state index in [2.05, 4.69) is 166 Å². The van der Waals surface area contributed by atoms with E-state index in [1.165, 1.54) is 40.2 Å². The van der Waals surface area contributed by atoms with Gasteiger partial charge in [-0.2, -0.15) is 4.58 Å². The van der Waals surface area contributed by atoms with Gasteiger partial charge < -0.3 is 46.1 Å². The summed E-state index contributed by atoms with van der Waals surface area (Å²) in [5.41, 5.74) is 9.77. The Labute approximate surface area is 433 Å². The standard InChI is InChI=1S/C58H65BrN5O5.BrH/c1-8-10-31-63-49-25-19-18-24-46(49)57(3,4)53(63)26-15-12-11-13-16-27-54-58(5,6)47-38-43(59)29-30-50(47)64(54)32-20-14-17-28-55(65)69-36-35-68-51-39-45-48(40-52(51)67-34-33-66-7)60-41-61-56(45)62-44-23-21-22-42(9-2)37-44;/h2,11-13,15-16,18-19,21-27,29-30,37-41H,8,10,14,17,20,28,31-36H2,1,3-7H3,(H,60,61,62);1H/q+1;/p-1. The molecule has 7 rings (SSSR count). The van der Waals surface area contributed by atoms with Gasteiger partial charge in [-0.1, -0.05) is 110 Å². The average molecular weight is 1070 g/mol. The second-order valence-corrected chi connectivity index (χ2v) is 19.2. The van der Waals surface area contributed by atoms with Crippen LogP contribution in [0.4, 0.5) is 22.9 Å². The highest BCUT2D eigenvalue weighted by atomic mass is 79.9. The van der Waals surface area contributed by atoms with E-state index in [9.17, 15) is 4.79 Å². The Morgan fingerprint density at radius 2 is 1.60 bits per heavy atom. The first-order valence-corrected chi connectivity index (χ1v) is 24.8. The molecule has 0 atom stereocenters. The molecule has 5 aromatic rings. The van der Waals surface area contributed by atoms with Crippen LogP contribution in [-0.2, 0) is 25.1 Å². The molecule has 3 heterocycles. The number of carbonyl (C=O) groups excluding carboxylic acids is 1. The van der Waals surface area contributed by atoms with Gasteiger partial charge in [0.2, 0.25) is 5.69 Å². The molecule has 2 aliphatic rings. The lowest BCUT2D eigenvalue weighted by Gasteiger charge is -2.27. The van der Waals surface area contributed by atoms with Crippen molar-refractivity contribution in [3.8, 4) is 23.8 Å². The molecular weight excluding hydrogens is 1010 g/mol. The number of ether oxygens (including phenoxy) is 4. The Balaban J connectivity index is 0.00000804. The molecule has 4 aromatic carbocycles. The fraction of sp³-hybridized carbons (Fsp3) is 0.345. The third-order valence-corrected chi connectivity index (χ3v) is 13.2. The molecular formula is C58H65Br2N5O5. The van der Waals surface area contributed by atoms with Gasteiger partial charge in [0.25, 0.3) is 0 Å². The lowest BCUT2D eigenvalue weighted by molar-refractivity contribution is -0.438. The van der Waals surface area contributed by atoms with Crippen LogP contribution in [0, 0.1) is 12.3 Å². The van der Waals surface area contributed by atoms with Crippen molar-refractivity contribution in [3.63, 3.8) is 0 Å². The van der Waals surface area contributed by atoms with Crippen LogP contribution in [0.1, 0.15) is 89.8 Å². The number of methoxy groups -OCH3 is 1. The first-order valence-electron chi connectivity index (χ1n) is 24.0. The molecule has 2 aliphatic heterocycles. The van der Waals surface area contributed by atoms with Crippen LogP contribution in [0.25, 0.3) is 10.9 Å². The van der Waals surface area contributed by atoms with E-state index in [1.807, 2.05) is 36.4 Å². The summed E-state index contributed by atoms with van der Waals surface area (Å²) >= 11 is 3.72. The maximum atomic E-state index is 12.9. The number of unbranched alkanes of at least 4 members (excludes halogenated alkanes) is 3. The molecule has 0 unspecified atom stereocenters. The van der Waals surface area contributed by atoms with Crippen LogP contribution in [0.5, 0.6) is 11.5 Å². The van der Waals surface area contributed by atoms with Crippen LogP contribution < -0.4 is 36.7 Å². The Morgan fingerprint density at radius 1 is 0.829 bits per heavy atom. The Bertz CT molecular complexity index is 2820. The van der Waals surface area contributed by atoms with Gasteiger partial charge in [-0.05, 0) is 80.8 Å². The summed E-state index contributed by atoms with van der Waals surface area (Å²) in [6.45, 7) is 14.3. The molecule has 0 fully saturated rings. The molecule has 0 bridgehead atoms. The van der Waals surface area contributed by atoms with Crippen LogP contribution in [-0.4, -0.2) is 72.9 Å². The normalized spacial score (nSPS) is 15.2. The van der Waals surface area contributed by atoms with E-state index in [1.54, 1.807) is 7.11 Å². The minimum absolute atomic E-state index is 0. The summed E-state index contributed by atoms with van der Waals surface area (Å²) in [6.07, 6.45) is 27.5. The number of hydrogen-bond donors (Lipinski definition) is 1. The Hall–Kier alpha value is -6.00. The van der Waals surface area contributed by atoms with Gasteiger partial charge >= 0.3 is 5.97 Å². The molecule has 70 heavy (non-hydrogen) atoms. The van der Waals surface area contributed by atoms with Crippen LogP contribution in [0.3, 0.4) is 0 Å². The number of carbonyl (C=O) groups is 1. The van der Waals surface area contributed by atoms with E-state index >= 15 is 0 Å². The molecule has 12 heteroatoms. The molecule has 0 spiro atoms. The number of para-hydroxylation sites is 1. The zero-order chi connectivity index (χ0) is 48.8. The lowest BCUT2D eigenvalue weighted by atomic mass is 9.81. The molecule has 1 N–H and O–H groups in total. The largest absolute Gasteiger partial charge is 1.00 e. The first kappa shape index (κ1) is 53.4. The van der Waals surface area contributed by atoms with Crippen molar-refractivity contribution < 1.29 is 45.3 Å². The predicted octanol–water partition coefficient (Wildman–Crippen LogP) is 9.86. The summed E-state index contributed by atoms with van der Waals surface area (Å²) in [7, 11) is 1.62. The molecule has 1 aromatic heterocycles. The summed E-state index contributed by atoms with van der Waals surface area (Å²) in [6, 6.07) is 26.5. The quantitative estimate of drug-likeness (QED) is 0.0226. The van der Waals surface area contributed by atoms with Crippen LogP contribution in [0.15, 0.2) is 138 Å². The van der Waals surface area contributed by atoms with Crippen molar-refractivity contribution in [1.29, 1.82) is 0 Å². The summed E-state index contributed by atoms with van der Waals surface area (Å²) < 4.78 is 26.5. The fourth-order valence-corrected chi connectivity index (χ4v) is 9.48. The second-order valence-electron chi connectivity index (χ2n) is 18.3. The number of halogens is 2. The second kappa shape index (κ2) is 25.2. The predicted molar refractivity (Wildman–Crippen MR) is 284 cm³/mol. The van der Waals surface area contributed by atoms with Crippen molar-refractivity contribution >= 4 is 61.4 Å². The van der Waals surface area contributed by atoms with Gasteiger partial charge in [0.05, 0.1) is 17.5 Å². The topological polar surface area (TPSA) is 98.1 Å². The Kier molecular flexibility index (Phi) is 19.2. The molecule has 0 saturated heterocycles. The summed E-state index contributed by atoms with van der Waals surface area (Å²) in [4.78, 5) is 24.3. The number of fused-ring (bicyclic) bond motifs is 3. The molecule has 0 saturated carbocycles. The van der Waals surface area contributed by atoms with Gasteiger partial charge in [0.15, 0.2) is 17.2 Å². The number of anilines is 3. The monoisotopic (exact) mass is 1070 g/mol. The number of terminal acetylenes is 1. The van der Waals surface area contributed by atoms with Crippen LogP contribution in [0.2, 0.25) is 0 Å². The van der Waals surface area contributed by atoms with E-state index in [4.69, 9.17) is 25.4 Å². The highest BCUT2D eigenvalue weighted by molar-refractivity contribution is 9.10. The number of esters is 1. The average Bonchev–Trinajstić information content (AvgIpc) is 3.69. The van der Waals surface area contributed by atoms with E-state index in [-0.39, 0.29) is 47.0 Å². The van der Waals surface area contributed by atoms with Gasteiger partial charge in [0.1, 0.15) is 38.5 Å². The van der Waals surface area contributed by atoms with E-state index in [0.29, 0.717) is 42.5 Å². The maximum absolute atomic E-state index is 12.9. The third kappa shape index (κ3) is 12.8. The molecule has 10 nitrogen and oxygen atoms in total. The molecule has 0 radical (unpaired) electrons. The number of nitrogens with one attached hydrogen (secondary N) is 1. The first-order chi connectivity index (χ1) is 33.5. The fourth-order valence-electron chi connectivity index (χ4n) is 9.12. The van der Waals surface area contributed by atoms with Gasteiger partial charge in [0, 0.05) is 88.2 Å². The van der Waals surface area contributed by atoms with Gasteiger partial charge in [-0.3, -0.25) is 4.79 Å². The number of aromatic nitrogens is 2. The Morgan fingerprint density at radius 3 is 2.40 bits per heavy atom. The third-order valence-electron chi connectivity index (χ3n) is 12.7. The molecule has 366 valence electrons. The summed E-state index contributed by atoms with van der Waals surface area (Å²) in [5.74, 6) is 3.96. The number of allylic oxidation sites excluding steroid dienone is 8. The van der Waals surface area contributed by atoms with Gasteiger partial charge in [-0.15, -0.1) is 6.42 Å². The van der Waals surface area contributed by atoms with Crippen molar-refractivity contribution in [1.82, 2.24) is 9.97 Å². The van der Waals surface area contributed by atoms with Crippen molar-refractivity contribution in [2.75, 3.05) is 56.8 Å².